The quantitative estimate of drug-likeness (QED) is 0.479. The van der Waals surface area contributed by atoms with Gasteiger partial charge in [0.25, 0.3) is 5.91 Å². The van der Waals surface area contributed by atoms with Crippen molar-refractivity contribution in [3.63, 3.8) is 0 Å². The van der Waals surface area contributed by atoms with E-state index in [1.54, 1.807) is 11.3 Å². The summed E-state index contributed by atoms with van der Waals surface area (Å²) in [5, 5.41) is 3.07. The van der Waals surface area contributed by atoms with Gasteiger partial charge in [-0.3, -0.25) is 9.69 Å². The van der Waals surface area contributed by atoms with Crippen molar-refractivity contribution in [3.05, 3.63) is 83.1 Å². The Balaban J connectivity index is 1.27. The van der Waals surface area contributed by atoms with Crippen molar-refractivity contribution in [2.75, 3.05) is 32.7 Å². The highest BCUT2D eigenvalue weighted by molar-refractivity contribution is 7.13. The number of hydrogen-bond acceptors (Lipinski definition) is 3. The zero-order chi connectivity index (χ0) is 21.2. The van der Waals surface area contributed by atoms with Crippen molar-refractivity contribution in [1.29, 1.82) is 0 Å². The van der Waals surface area contributed by atoms with E-state index in [1.165, 1.54) is 12.1 Å². The molecule has 0 saturated carbocycles. The SMILES string of the molecule is O=C(c1cccc2[nH]cc(-c3cccs3)c12)N1CCN(CCc2ccc(F)cc2)CC1. The number of carbonyl (C=O) groups excluding carboxylic acids is 1. The van der Waals surface area contributed by atoms with Crippen LogP contribution in [0.3, 0.4) is 0 Å². The maximum absolute atomic E-state index is 13.4. The highest BCUT2D eigenvalue weighted by Crippen LogP contribution is 2.34. The Kier molecular flexibility index (Phi) is 5.57. The van der Waals surface area contributed by atoms with Crippen molar-refractivity contribution in [2.24, 2.45) is 0 Å². The van der Waals surface area contributed by atoms with Gasteiger partial charge in [0.2, 0.25) is 0 Å². The number of aromatic nitrogens is 1. The van der Waals surface area contributed by atoms with Crippen molar-refractivity contribution in [3.8, 4) is 10.4 Å². The molecule has 31 heavy (non-hydrogen) atoms. The summed E-state index contributed by atoms with van der Waals surface area (Å²) in [4.78, 5) is 22.2. The zero-order valence-electron chi connectivity index (χ0n) is 17.2. The molecule has 0 aliphatic carbocycles. The summed E-state index contributed by atoms with van der Waals surface area (Å²) < 4.78 is 13.1. The highest BCUT2D eigenvalue weighted by Gasteiger charge is 2.24. The summed E-state index contributed by atoms with van der Waals surface area (Å²) in [6.07, 6.45) is 2.89. The van der Waals surface area contributed by atoms with E-state index in [9.17, 15) is 9.18 Å². The number of nitrogens with zero attached hydrogens (tertiary/aromatic N) is 2. The fraction of sp³-hybridized carbons (Fsp3) is 0.240. The predicted molar refractivity (Wildman–Crippen MR) is 124 cm³/mol. The van der Waals surface area contributed by atoms with E-state index in [0.29, 0.717) is 0 Å². The topological polar surface area (TPSA) is 39.3 Å². The number of aromatic amines is 1. The van der Waals surface area contributed by atoms with Gasteiger partial charge in [-0.15, -0.1) is 11.3 Å². The van der Waals surface area contributed by atoms with E-state index in [2.05, 4.69) is 21.3 Å². The molecule has 0 unspecified atom stereocenters. The van der Waals surface area contributed by atoms with Gasteiger partial charge in [-0.1, -0.05) is 24.3 Å². The molecular weight excluding hydrogens is 409 g/mol. The zero-order valence-corrected chi connectivity index (χ0v) is 18.0. The van der Waals surface area contributed by atoms with E-state index in [-0.39, 0.29) is 11.7 Å². The smallest absolute Gasteiger partial charge is 0.254 e. The van der Waals surface area contributed by atoms with Gasteiger partial charge < -0.3 is 9.88 Å². The molecule has 1 amide bonds. The number of halogens is 1. The van der Waals surface area contributed by atoms with Crippen LogP contribution in [-0.4, -0.2) is 53.4 Å². The molecule has 0 radical (unpaired) electrons. The number of rotatable bonds is 5. The Morgan fingerprint density at radius 3 is 2.55 bits per heavy atom. The van der Waals surface area contributed by atoms with Crippen molar-refractivity contribution in [1.82, 2.24) is 14.8 Å². The second-order valence-corrected chi connectivity index (χ2v) is 8.87. The van der Waals surface area contributed by atoms with Crippen LogP contribution in [0, 0.1) is 5.82 Å². The maximum Gasteiger partial charge on any atom is 0.254 e. The number of amides is 1. The Morgan fingerprint density at radius 1 is 1.00 bits per heavy atom. The summed E-state index contributed by atoms with van der Waals surface area (Å²) in [5.74, 6) is -0.100. The summed E-state index contributed by atoms with van der Waals surface area (Å²) in [7, 11) is 0. The monoisotopic (exact) mass is 433 g/mol. The molecule has 2 aromatic heterocycles. The first-order valence-corrected chi connectivity index (χ1v) is 11.5. The lowest BCUT2D eigenvalue weighted by Crippen LogP contribution is -2.49. The Hall–Kier alpha value is -2.96. The second-order valence-electron chi connectivity index (χ2n) is 7.92. The molecule has 1 fully saturated rings. The van der Waals surface area contributed by atoms with Crippen molar-refractivity contribution in [2.45, 2.75) is 6.42 Å². The average molecular weight is 434 g/mol. The molecule has 1 saturated heterocycles. The molecule has 5 rings (SSSR count). The third-order valence-corrected chi connectivity index (χ3v) is 6.92. The van der Waals surface area contributed by atoms with E-state index >= 15 is 0 Å². The van der Waals surface area contributed by atoms with Gasteiger partial charge in [0.15, 0.2) is 0 Å². The highest BCUT2D eigenvalue weighted by atomic mass is 32.1. The normalized spacial score (nSPS) is 14.9. The van der Waals surface area contributed by atoms with Gasteiger partial charge in [-0.2, -0.15) is 0 Å². The largest absolute Gasteiger partial charge is 0.360 e. The lowest BCUT2D eigenvalue weighted by atomic mass is 10.0. The van der Waals surface area contributed by atoms with Gasteiger partial charge in [0, 0.05) is 65.8 Å². The number of fused-ring (bicyclic) bond motifs is 1. The third-order valence-electron chi connectivity index (χ3n) is 6.01. The number of piperazine rings is 1. The summed E-state index contributed by atoms with van der Waals surface area (Å²) in [5.41, 5.74) is 3.99. The van der Waals surface area contributed by atoms with Crippen LogP contribution in [0.2, 0.25) is 0 Å². The van der Waals surface area contributed by atoms with Crippen LogP contribution in [0.15, 0.2) is 66.2 Å². The predicted octanol–water partition coefficient (Wildman–Crippen LogP) is 5.04. The van der Waals surface area contributed by atoms with E-state index in [1.807, 2.05) is 47.5 Å². The molecule has 0 atom stereocenters. The van der Waals surface area contributed by atoms with Gasteiger partial charge in [-0.25, -0.2) is 4.39 Å². The van der Waals surface area contributed by atoms with E-state index in [0.717, 1.165) is 71.6 Å². The number of H-pyrrole nitrogens is 1. The van der Waals surface area contributed by atoms with Crippen molar-refractivity contribution >= 4 is 28.1 Å². The summed E-state index contributed by atoms with van der Waals surface area (Å²) in [6.45, 7) is 4.07. The fourth-order valence-corrected chi connectivity index (χ4v) is 5.02. The fourth-order valence-electron chi connectivity index (χ4n) is 4.27. The molecule has 3 heterocycles. The Morgan fingerprint density at radius 2 is 1.81 bits per heavy atom. The molecule has 4 aromatic rings. The third kappa shape index (κ3) is 4.13. The van der Waals surface area contributed by atoms with Crippen LogP contribution in [0.1, 0.15) is 15.9 Å². The second kappa shape index (κ2) is 8.65. The number of hydrogen-bond donors (Lipinski definition) is 1. The van der Waals surface area contributed by atoms with E-state index in [4.69, 9.17) is 0 Å². The number of thiophene rings is 1. The number of carbonyl (C=O) groups is 1. The summed E-state index contributed by atoms with van der Waals surface area (Å²) >= 11 is 1.68. The van der Waals surface area contributed by atoms with Crippen molar-refractivity contribution < 1.29 is 9.18 Å². The maximum atomic E-state index is 13.4. The Bertz CT molecular complexity index is 1180. The minimum Gasteiger partial charge on any atom is -0.360 e. The van der Waals surface area contributed by atoms with Gasteiger partial charge in [-0.05, 0) is 47.7 Å². The van der Waals surface area contributed by atoms with Gasteiger partial charge in [0.1, 0.15) is 5.82 Å². The molecule has 158 valence electrons. The molecule has 0 spiro atoms. The molecule has 6 heteroatoms. The number of benzene rings is 2. The van der Waals surface area contributed by atoms with Crippen LogP contribution in [0.25, 0.3) is 21.3 Å². The van der Waals surface area contributed by atoms with Crippen LogP contribution >= 0.6 is 11.3 Å². The lowest BCUT2D eigenvalue weighted by Gasteiger charge is -2.35. The van der Waals surface area contributed by atoms with Crippen LogP contribution < -0.4 is 0 Å². The van der Waals surface area contributed by atoms with Crippen LogP contribution in [0.4, 0.5) is 4.39 Å². The minimum absolute atomic E-state index is 0.0983. The van der Waals surface area contributed by atoms with Crippen LogP contribution in [-0.2, 0) is 6.42 Å². The minimum atomic E-state index is -0.199. The van der Waals surface area contributed by atoms with E-state index < -0.39 is 0 Å². The first kappa shape index (κ1) is 20.0. The molecular formula is C25H24FN3OS. The van der Waals surface area contributed by atoms with Gasteiger partial charge in [0.05, 0.1) is 0 Å². The molecule has 1 aliphatic heterocycles. The lowest BCUT2D eigenvalue weighted by molar-refractivity contribution is 0.0640. The average Bonchev–Trinajstić information content (AvgIpc) is 3.48. The first-order chi connectivity index (χ1) is 15.2. The molecule has 0 bridgehead atoms. The summed E-state index contributed by atoms with van der Waals surface area (Å²) in [6, 6.07) is 16.8. The van der Waals surface area contributed by atoms with Gasteiger partial charge >= 0.3 is 0 Å². The first-order valence-electron chi connectivity index (χ1n) is 10.6. The molecule has 1 aliphatic rings. The molecule has 1 N–H and O–H groups in total. The standard InChI is InChI=1S/C25H24FN3OS/c26-19-8-6-18(7-9-19)10-11-28-12-14-29(15-13-28)25(30)20-3-1-4-22-24(20)21(17-27-22)23-5-2-16-31-23/h1-9,16-17,27H,10-15H2. The Labute approximate surface area is 184 Å². The molecule has 2 aromatic carbocycles. The van der Waals surface area contributed by atoms with Crippen LogP contribution in [0.5, 0.6) is 0 Å². The molecule has 4 nitrogen and oxygen atoms in total. The number of nitrogens with one attached hydrogen (secondary N) is 1.